The van der Waals surface area contributed by atoms with Gasteiger partial charge in [-0.15, -0.1) is 0 Å². The van der Waals surface area contributed by atoms with Crippen LogP contribution in [-0.4, -0.2) is 26.6 Å². The van der Waals surface area contributed by atoms with E-state index in [9.17, 15) is 4.79 Å². The Kier molecular flexibility index (Phi) is 3.09. The number of hydrogen-bond acceptors (Lipinski definition) is 5. The fourth-order valence-electron chi connectivity index (χ4n) is 2.29. The summed E-state index contributed by atoms with van der Waals surface area (Å²) in [7, 11) is 0. The molecule has 3 heterocycles. The van der Waals surface area contributed by atoms with Crippen molar-refractivity contribution in [3.05, 3.63) is 72.8 Å². The minimum absolute atomic E-state index is 0.252. The van der Waals surface area contributed by atoms with Gasteiger partial charge >= 0.3 is 0 Å². The summed E-state index contributed by atoms with van der Waals surface area (Å²) in [6.45, 7) is 0. The summed E-state index contributed by atoms with van der Waals surface area (Å²) in [5.41, 5.74) is 0.976. The SMILES string of the molecule is O=C1/C(=C\c2ccco2)N=C(n2cncn2)N1c1ccccc1. The van der Waals surface area contributed by atoms with Crippen LogP contribution in [0.25, 0.3) is 6.08 Å². The Morgan fingerprint density at radius 1 is 1.09 bits per heavy atom. The molecule has 0 saturated heterocycles. The maximum atomic E-state index is 12.8. The molecule has 1 aromatic carbocycles. The molecule has 112 valence electrons. The van der Waals surface area contributed by atoms with E-state index in [0.29, 0.717) is 17.4 Å². The summed E-state index contributed by atoms with van der Waals surface area (Å²) in [5, 5.41) is 4.07. The molecule has 0 unspecified atom stereocenters. The summed E-state index contributed by atoms with van der Waals surface area (Å²) >= 11 is 0. The van der Waals surface area contributed by atoms with Crippen molar-refractivity contribution < 1.29 is 9.21 Å². The number of aromatic nitrogens is 3. The van der Waals surface area contributed by atoms with Crippen molar-refractivity contribution in [3.63, 3.8) is 0 Å². The van der Waals surface area contributed by atoms with Crippen LogP contribution in [0.1, 0.15) is 5.76 Å². The molecule has 0 atom stereocenters. The van der Waals surface area contributed by atoms with Crippen LogP contribution in [-0.2, 0) is 4.79 Å². The lowest BCUT2D eigenvalue weighted by Crippen LogP contribution is -2.36. The molecule has 3 aromatic rings. The fourth-order valence-corrected chi connectivity index (χ4v) is 2.29. The molecular formula is C16H11N5O2. The van der Waals surface area contributed by atoms with Crippen LogP contribution in [0.15, 0.2) is 76.5 Å². The molecule has 7 heteroatoms. The molecular weight excluding hydrogens is 294 g/mol. The molecule has 1 amide bonds. The van der Waals surface area contributed by atoms with Crippen molar-refractivity contribution in [3.8, 4) is 0 Å². The van der Waals surface area contributed by atoms with Gasteiger partial charge in [-0.05, 0) is 24.3 Å². The van der Waals surface area contributed by atoms with Gasteiger partial charge in [0.2, 0.25) is 5.96 Å². The minimum atomic E-state index is -0.252. The Hall–Kier alpha value is -3.48. The van der Waals surface area contributed by atoms with Gasteiger partial charge in [-0.1, -0.05) is 18.2 Å². The van der Waals surface area contributed by atoms with Crippen molar-refractivity contribution >= 4 is 23.6 Å². The number of benzene rings is 1. The van der Waals surface area contributed by atoms with E-state index in [4.69, 9.17) is 4.42 Å². The standard InChI is InChI=1S/C16H11N5O2/c22-15-14(9-13-7-4-8-23-13)19-16(20-11-17-10-18-20)21(15)12-5-2-1-3-6-12/h1-11H/b14-9+. The molecule has 1 aliphatic rings. The average molecular weight is 305 g/mol. The zero-order chi connectivity index (χ0) is 15.6. The predicted octanol–water partition coefficient (Wildman–Crippen LogP) is 2.16. The third kappa shape index (κ3) is 2.34. The second-order valence-electron chi connectivity index (χ2n) is 4.77. The third-order valence-corrected chi connectivity index (χ3v) is 3.30. The van der Waals surface area contributed by atoms with Crippen LogP contribution in [0.4, 0.5) is 5.69 Å². The van der Waals surface area contributed by atoms with Crippen molar-refractivity contribution in [1.82, 2.24) is 14.8 Å². The number of anilines is 1. The lowest BCUT2D eigenvalue weighted by molar-refractivity contribution is -0.113. The highest BCUT2D eigenvalue weighted by Crippen LogP contribution is 2.25. The lowest BCUT2D eigenvalue weighted by Gasteiger charge is -2.17. The average Bonchev–Trinajstić information content (AvgIpc) is 3.31. The first-order valence-electron chi connectivity index (χ1n) is 6.91. The summed E-state index contributed by atoms with van der Waals surface area (Å²) in [4.78, 5) is 22.6. The van der Waals surface area contributed by atoms with Gasteiger partial charge < -0.3 is 4.42 Å². The second-order valence-corrected chi connectivity index (χ2v) is 4.77. The summed E-state index contributed by atoms with van der Waals surface area (Å²) in [5.74, 6) is 0.680. The maximum Gasteiger partial charge on any atom is 0.284 e. The number of rotatable bonds is 2. The quantitative estimate of drug-likeness (QED) is 0.680. The highest BCUT2D eigenvalue weighted by Gasteiger charge is 2.33. The first-order chi connectivity index (χ1) is 11.3. The van der Waals surface area contributed by atoms with Gasteiger partial charge in [0, 0.05) is 6.08 Å². The Balaban J connectivity index is 1.82. The van der Waals surface area contributed by atoms with Gasteiger partial charge in [-0.25, -0.2) is 14.9 Å². The number of hydrogen-bond donors (Lipinski definition) is 0. The molecule has 4 rings (SSSR count). The summed E-state index contributed by atoms with van der Waals surface area (Å²) < 4.78 is 6.71. The van der Waals surface area contributed by atoms with E-state index in [1.54, 1.807) is 24.5 Å². The summed E-state index contributed by atoms with van der Waals surface area (Å²) in [6.07, 6.45) is 6.04. The molecule has 0 fully saturated rings. The number of amides is 1. The number of nitrogens with zero attached hydrogens (tertiary/aromatic N) is 5. The third-order valence-electron chi connectivity index (χ3n) is 3.30. The molecule has 0 spiro atoms. The number of aliphatic imine (C=N–C) groups is 1. The smallest absolute Gasteiger partial charge is 0.284 e. The van der Waals surface area contributed by atoms with E-state index in [1.807, 2.05) is 30.3 Å². The number of furan rings is 1. The maximum absolute atomic E-state index is 12.8. The molecule has 0 aliphatic carbocycles. The number of para-hydroxylation sites is 1. The Morgan fingerprint density at radius 3 is 2.65 bits per heavy atom. The Labute approximate surface area is 131 Å². The topological polar surface area (TPSA) is 76.5 Å². The molecule has 0 N–H and O–H groups in total. The zero-order valence-corrected chi connectivity index (χ0v) is 11.9. The van der Waals surface area contributed by atoms with Gasteiger partial charge in [0.05, 0.1) is 12.0 Å². The van der Waals surface area contributed by atoms with E-state index < -0.39 is 0 Å². The first-order valence-corrected chi connectivity index (χ1v) is 6.91. The fraction of sp³-hybridized carbons (Fsp3) is 0. The van der Waals surface area contributed by atoms with E-state index in [0.717, 1.165) is 0 Å². The van der Waals surface area contributed by atoms with Crippen molar-refractivity contribution in [2.24, 2.45) is 4.99 Å². The monoisotopic (exact) mass is 305 g/mol. The molecule has 7 nitrogen and oxygen atoms in total. The highest BCUT2D eigenvalue weighted by molar-refractivity contribution is 6.28. The van der Waals surface area contributed by atoms with Crippen LogP contribution in [0.2, 0.25) is 0 Å². The normalized spacial score (nSPS) is 16.2. The van der Waals surface area contributed by atoms with Gasteiger partial charge in [-0.2, -0.15) is 9.78 Å². The van der Waals surface area contributed by atoms with Gasteiger partial charge in [0.25, 0.3) is 5.91 Å². The van der Waals surface area contributed by atoms with Gasteiger partial charge in [0.15, 0.2) is 0 Å². The van der Waals surface area contributed by atoms with E-state index in [1.165, 1.54) is 22.2 Å². The van der Waals surface area contributed by atoms with Gasteiger partial charge in [0.1, 0.15) is 24.1 Å². The number of carbonyl (C=O) groups excluding carboxylic acids is 1. The van der Waals surface area contributed by atoms with Crippen molar-refractivity contribution in [1.29, 1.82) is 0 Å². The van der Waals surface area contributed by atoms with Crippen molar-refractivity contribution in [2.45, 2.75) is 0 Å². The van der Waals surface area contributed by atoms with E-state index in [2.05, 4.69) is 15.1 Å². The van der Waals surface area contributed by atoms with Crippen LogP contribution >= 0.6 is 0 Å². The minimum Gasteiger partial charge on any atom is -0.465 e. The van der Waals surface area contributed by atoms with Crippen LogP contribution < -0.4 is 4.90 Å². The second kappa shape index (κ2) is 5.38. The van der Waals surface area contributed by atoms with E-state index >= 15 is 0 Å². The van der Waals surface area contributed by atoms with Crippen molar-refractivity contribution in [2.75, 3.05) is 4.90 Å². The van der Waals surface area contributed by atoms with Gasteiger partial charge in [-0.3, -0.25) is 4.79 Å². The van der Waals surface area contributed by atoms with Crippen LogP contribution in [0.5, 0.6) is 0 Å². The Morgan fingerprint density at radius 2 is 1.96 bits per heavy atom. The van der Waals surface area contributed by atoms with E-state index in [-0.39, 0.29) is 11.6 Å². The predicted molar refractivity (Wildman–Crippen MR) is 83.5 cm³/mol. The van der Waals surface area contributed by atoms with Crippen LogP contribution in [0.3, 0.4) is 0 Å². The first kappa shape index (κ1) is 13.2. The zero-order valence-electron chi connectivity index (χ0n) is 11.9. The lowest BCUT2D eigenvalue weighted by atomic mass is 10.2. The number of carbonyl (C=O) groups is 1. The molecule has 0 saturated carbocycles. The largest absolute Gasteiger partial charge is 0.465 e. The van der Waals surface area contributed by atoms with Crippen LogP contribution in [0, 0.1) is 0 Å². The molecule has 2 aromatic heterocycles. The highest BCUT2D eigenvalue weighted by atomic mass is 16.3. The molecule has 0 bridgehead atoms. The summed E-state index contributed by atoms with van der Waals surface area (Å²) in [6, 6.07) is 12.8. The molecule has 1 aliphatic heterocycles. The molecule has 0 radical (unpaired) electrons. The Bertz CT molecular complexity index is 880. The molecule has 23 heavy (non-hydrogen) atoms.